The van der Waals surface area contributed by atoms with Gasteiger partial charge >= 0.3 is 5.97 Å². The van der Waals surface area contributed by atoms with Gasteiger partial charge in [0.25, 0.3) is 0 Å². The average Bonchev–Trinajstić information content (AvgIpc) is 2.50. The minimum atomic E-state index is -0.558. The molecule has 2 atom stereocenters. The van der Waals surface area contributed by atoms with Crippen LogP contribution in [0.2, 0.25) is 0 Å². The van der Waals surface area contributed by atoms with Crippen LogP contribution in [-0.4, -0.2) is 11.1 Å². The zero-order chi connectivity index (χ0) is 12.0. The van der Waals surface area contributed by atoms with Crippen LogP contribution in [0, 0.1) is 17.8 Å². The molecule has 1 aliphatic rings. The third kappa shape index (κ3) is 3.80. The summed E-state index contributed by atoms with van der Waals surface area (Å²) in [5.74, 6) is 0.538. The van der Waals surface area contributed by atoms with E-state index in [1.165, 1.54) is 25.7 Å². The normalized spacial score (nSPS) is 26.7. The zero-order valence-electron chi connectivity index (χ0n) is 10.7. The van der Waals surface area contributed by atoms with Crippen molar-refractivity contribution in [1.82, 2.24) is 0 Å². The van der Waals surface area contributed by atoms with Gasteiger partial charge in [-0.25, -0.2) is 0 Å². The van der Waals surface area contributed by atoms with Gasteiger partial charge in [-0.1, -0.05) is 46.0 Å². The lowest BCUT2D eigenvalue weighted by molar-refractivity contribution is -0.144. The highest BCUT2D eigenvalue weighted by molar-refractivity contribution is 5.70. The van der Waals surface area contributed by atoms with Gasteiger partial charge in [-0.05, 0) is 31.1 Å². The second kappa shape index (κ2) is 6.93. The molecule has 1 rings (SSSR count). The quantitative estimate of drug-likeness (QED) is 0.717. The summed E-state index contributed by atoms with van der Waals surface area (Å²) in [5, 5.41) is 9.29. The Bertz CT molecular complexity index is 209. The summed E-state index contributed by atoms with van der Waals surface area (Å²) in [6.07, 6.45) is 9.12. The molecule has 1 N–H and O–H groups in total. The largest absolute Gasteiger partial charge is 0.481 e. The van der Waals surface area contributed by atoms with Crippen LogP contribution in [-0.2, 0) is 4.79 Å². The summed E-state index contributed by atoms with van der Waals surface area (Å²) in [5.41, 5.74) is 0. The maximum absolute atomic E-state index is 11.3. The van der Waals surface area contributed by atoms with E-state index in [-0.39, 0.29) is 5.92 Å². The van der Waals surface area contributed by atoms with E-state index >= 15 is 0 Å². The lowest BCUT2D eigenvalue weighted by Crippen LogP contribution is -2.24. The first kappa shape index (κ1) is 13.5. The van der Waals surface area contributed by atoms with Crippen molar-refractivity contribution < 1.29 is 9.90 Å². The van der Waals surface area contributed by atoms with Crippen LogP contribution in [0.4, 0.5) is 0 Å². The SMILES string of the molecule is CCC(CC)CC1CCCCCC1C(=O)O. The topological polar surface area (TPSA) is 37.3 Å². The molecule has 0 aliphatic heterocycles. The third-order valence-electron chi connectivity index (χ3n) is 4.27. The molecule has 1 fully saturated rings. The highest BCUT2D eigenvalue weighted by Gasteiger charge is 2.30. The molecule has 1 aliphatic carbocycles. The molecular formula is C14H26O2. The van der Waals surface area contributed by atoms with Gasteiger partial charge in [0.2, 0.25) is 0 Å². The standard InChI is InChI=1S/C14H26O2/c1-3-11(4-2)10-12-8-6-5-7-9-13(12)14(15)16/h11-13H,3-10H2,1-2H3,(H,15,16). The number of aliphatic carboxylic acids is 1. The first-order valence-electron chi connectivity index (χ1n) is 6.91. The molecule has 0 bridgehead atoms. The van der Waals surface area contributed by atoms with Crippen molar-refractivity contribution in [2.75, 3.05) is 0 Å². The Morgan fingerprint density at radius 2 is 1.81 bits per heavy atom. The summed E-state index contributed by atoms with van der Waals surface area (Å²) >= 11 is 0. The molecule has 1 saturated carbocycles. The molecule has 0 saturated heterocycles. The van der Waals surface area contributed by atoms with Crippen LogP contribution in [0.5, 0.6) is 0 Å². The first-order chi connectivity index (χ1) is 7.69. The van der Waals surface area contributed by atoms with E-state index in [1.54, 1.807) is 0 Å². The molecule has 0 spiro atoms. The number of carbonyl (C=O) groups is 1. The Labute approximate surface area is 99.4 Å². The minimum Gasteiger partial charge on any atom is -0.481 e. The van der Waals surface area contributed by atoms with Gasteiger partial charge in [-0.15, -0.1) is 0 Å². The average molecular weight is 226 g/mol. The van der Waals surface area contributed by atoms with Crippen molar-refractivity contribution in [3.8, 4) is 0 Å². The van der Waals surface area contributed by atoms with Crippen LogP contribution in [0.3, 0.4) is 0 Å². The second-order valence-electron chi connectivity index (χ2n) is 5.26. The molecule has 0 amide bonds. The van der Waals surface area contributed by atoms with Crippen LogP contribution in [0.25, 0.3) is 0 Å². The molecule has 0 aromatic carbocycles. The Morgan fingerprint density at radius 3 is 2.38 bits per heavy atom. The number of hydrogen-bond acceptors (Lipinski definition) is 1. The van der Waals surface area contributed by atoms with Gasteiger partial charge in [0.1, 0.15) is 0 Å². The van der Waals surface area contributed by atoms with Gasteiger partial charge in [-0.2, -0.15) is 0 Å². The number of carboxylic acid groups (broad SMARTS) is 1. The molecular weight excluding hydrogens is 200 g/mol. The fraction of sp³-hybridized carbons (Fsp3) is 0.929. The molecule has 0 heterocycles. The first-order valence-corrected chi connectivity index (χ1v) is 6.91. The van der Waals surface area contributed by atoms with Crippen molar-refractivity contribution in [3.63, 3.8) is 0 Å². The number of hydrogen-bond donors (Lipinski definition) is 1. The van der Waals surface area contributed by atoms with Crippen molar-refractivity contribution >= 4 is 5.97 Å². The number of carboxylic acids is 1. The van der Waals surface area contributed by atoms with Crippen LogP contribution in [0.15, 0.2) is 0 Å². The molecule has 2 heteroatoms. The fourth-order valence-corrected chi connectivity index (χ4v) is 3.04. The molecule has 0 radical (unpaired) electrons. The Balaban J connectivity index is 2.60. The van der Waals surface area contributed by atoms with Gasteiger partial charge in [-0.3, -0.25) is 4.79 Å². The van der Waals surface area contributed by atoms with Crippen molar-refractivity contribution in [2.45, 2.75) is 65.2 Å². The lowest BCUT2D eigenvalue weighted by atomic mass is 9.80. The summed E-state index contributed by atoms with van der Waals surface area (Å²) in [6.45, 7) is 4.45. The summed E-state index contributed by atoms with van der Waals surface area (Å²) in [4.78, 5) is 11.3. The second-order valence-corrected chi connectivity index (χ2v) is 5.26. The third-order valence-corrected chi connectivity index (χ3v) is 4.27. The van der Waals surface area contributed by atoms with Gasteiger partial charge in [0, 0.05) is 0 Å². The highest BCUT2D eigenvalue weighted by atomic mass is 16.4. The van der Waals surface area contributed by atoms with E-state index in [9.17, 15) is 9.90 Å². The predicted molar refractivity (Wildman–Crippen MR) is 66.4 cm³/mol. The van der Waals surface area contributed by atoms with E-state index in [4.69, 9.17) is 0 Å². The molecule has 94 valence electrons. The van der Waals surface area contributed by atoms with Gasteiger partial charge < -0.3 is 5.11 Å². The Kier molecular flexibility index (Phi) is 5.86. The molecule has 2 nitrogen and oxygen atoms in total. The summed E-state index contributed by atoms with van der Waals surface area (Å²) in [6, 6.07) is 0. The summed E-state index contributed by atoms with van der Waals surface area (Å²) < 4.78 is 0. The monoisotopic (exact) mass is 226 g/mol. The minimum absolute atomic E-state index is 0.0666. The van der Waals surface area contributed by atoms with Crippen LogP contribution >= 0.6 is 0 Å². The van der Waals surface area contributed by atoms with E-state index in [1.807, 2.05) is 0 Å². The fourth-order valence-electron chi connectivity index (χ4n) is 3.04. The van der Waals surface area contributed by atoms with Crippen molar-refractivity contribution in [2.24, 2.45) is 17.8 Å². The molecule has 0 aromatic rings. The molecule has 2 unspecified atom stereocenters. The smallest absolute Gasteiger partial charge is 0.306 e. The summed E-state index contributed by atoms with van der Waals surface area (Å²) in [7, 11) is 0. The molecule has 0 aromatic heterocycles. The van der Waals surface area contributed by atoms with Crippen LogP contribution < -0.4 is 0 Å². The van der Waals surface area contributed by atoms with E-state index < -0.39 is 5.97 Å². The van der Waals surface area contributed by atoms with Crippen molar-refractivity contribution in [3.05, 3.63) is 0 Å². The Morgan fingerprint density at radius 1 is 1.19 bits per heavy atom. The van der Waals surface area contributed by atoms with Gasteiger partial charge in [0.05, 0.1) is 5.92 Å². The van der Waals surface area contributed by atoms with Crippen molar-refractivity contribution in [1.29, 1.82) is 0 Å². The maximum Gasteiger partial charge on any atom is 0.306 e. The van der Waals surface area contributed by atoms with E-state index in [0.29, 0.717) is 5.92 Å². The molecule has 16 heavy (non-hydrogen) atoms. The zero-order valence-corrected chi connectivity index (χ0v) is 10.7. The lowest BCUT2D eigenvalue weighted by Gasteiger charge is -2.25. The Hall–Kier alpha value is -0.530. The van der Waals surface area contributed by atoms with E-state index in [0.717, 1.165) is 31.6 Å². The number of rotatable bonds is 5. The maximum atomic E-state index is 11.3. The predicted octanol–water partition coefficient (Wildman–Crippen LogP) is 4.09. The van der Waals surface area contributed by atoms with E-state index in [2.05, 4.69) is 13.8 Å². The highest BCUT2D eigenvalue weighted by Crippen LogP contribution is 2.34. The van der Waals surface area contributed by atoms with Gasteiger partial charge in [0.15, 0.2) is 0 Å². The van der Waals surface area contributed by atoms with Crippen LogP contribution in [0.1, 0.15) is 65.2 Å².